The molecular weight excluding hydrogens is 759 g/mol. The first-order valence-corrected chi connectivity index (χ1v) is 20.0. The number of carboxylic acids is 1. The van der Waals surface area contributed by atoms with Gasteiger partial charge in [-0.1, -0.05) is 57.5 Å². The standard InChI is InChI=1S/C45H51N3O11/c1-7-12-29-36-24(5)33(50)20-45(29,55)16-11-9-8-10-13-34(36)58-44-42(59-35-17-23(4)32(21-56-35)46-22(2)3)41(52)37(25(6)57-44)40(51)39-38-28(19-31(48-39)43(53)54)27-18-26(49)14-15-30(27)47-38/h8-9,12,14-15,18-19,22-23,25,32,34-35,37,40-42,44,46-47,49,51-52,55H,7,17,20-21H2,1-6H3,(H,53,54)/b9-8-,29-12+/t23?,25?,32?,34-,35?,37?,40?,41?,42?,44?,45-/m0/s1. The van der Waals surface area contributed by atoms with Gasteiger partial charge in [-0.15, -0.1) is 0 Å². The Morgan fingerprint density at radius 3 is 2.64 bits per heavy atom. The summed E-state index contributed by atoms with van der Waals surface area (Å²) in [5.41, 5.74) is -0.282. The van der Waals surface area contributed by atoms with E-state index >= 15 is 0 Å². The number of aliphatic hydroxyl groups is 3. The van der Waals surface area contributed by atoms with Gasteiger partial charge in [-0.2, -0.15) is 0 Å². The van der Waals surface area contributed by atoms with Crippen molar-refractivity contribution in [1.82, 2.24) is 15.3 Å². The van der Waals surface area contributed by atoms with Crippen molar-refractivity contribution in [3.8, 4) is 29.4 Å². The minimum atomic E-state index is -1.81. The number of aromatic carboxylic acids is 1. The van der Waals surface area contributed by atoms with E-state index in [0.29, 0.717) is 58.0 Å². The van der Waals surface area contributed by atoms with Crippen LogP contribution in [-0.2, 0) is 23.7 Å². The van der Waals surface area contributed by atoms with E-state index in [2.05, 4.69) is 59.7 Å². The minimum Gasteiger partial charge on any atom is -0.508 e. The number of pyridine rings is 1. The third-order valence-corrected chi connectivity index (χ3v) is 11.6. The highest BCUT2D eigenvalue weighted by Crippen LogP contribution is 2.43. The summed E-state index contributed by atoms with van der Waals surface area (Å²) >= 11 is 0. The molecule has 7 N–H and O–H groups in total. The molecule has 2 aliphatic heterocycles. The monoisotopic (exact) mass is 809 g/mol. The SMILES string of the molecule is CC/C=C1\C2=C(C)C(=O)C[C@@]1(O)C#C/C=C\C#C[C@@H]2OC1OC(C)C(C(O)c2nc(C(=O)O)cc3c2[nH]c2ccc(O)cc23)C(O)C1OC1CC(C)C(NC(C)C)CO1. The second kappa shape index (κ2) is 17.0. The number of aliphatic hydroxyl groups excluding tert-OH is 2. The van der Waals surface area contributed by atoms with Crippen LogP contribution < -0.4 is 5.32 Å². The van der Waals surface area contributed by atoms with E-state index in [9.17, 15) is 35.1 Å². The fraction of sp³-hybridized carbons (Fsp3) is 0.489. The zero-order valence-corrected chi connectivity index (χ0v) is 33.9. The Balaban J connectivity index is 1.29. The molecule has 4 aliphatic rings. The van der Waals surface area contributed by atoms with E-state index in [1.807, 2.05) is 6.92 Å². The smallest absolute Gasteiger partial charge is 0.354 e. The van der Waals surface area contributed by atoms with E-state index in [1.165, 1.54) is 30.4 Å². The fourth-order valence-electron chi connectivity index (χ4n) is 8.61. The number of ether oxygens (including phenoxy) is 4. The predicted molar refractivity (Wildman–Crippen MR) is 217 cm³/mol. The number of fused-ring (bicyclic) bond motifs is 5. The number of Topliss-reactive ketones (excluding diaryl/α,β-unsaturated/α-hetero) is 1. The first-order valence-electron chi connectivity index (χ1n) is 20.0. The fourth-order valence-corrected chi connectivity index (χ4v) is 8.61. The lowest BCUT2D eigenvalue weighted by molar-refractivity contribution is -0.336. The molecule has 11 atom stereocenters. The van der Waals surface area contributed by atoms with Crippen molar-refractivity contribution >= 4 is 33.6 Å². The summed E-state index contributed by atoms with van der Waals surface area (Å²) in [4.78, 5) is 33.4. The third-order valence-electron chi connectivity index (χ3n) is 11.6. The lowest BCUT2D eigenvalue weighted by atomic mass is 9.73. The van der Waals surface area contributed by atoms with Crippen LogP contribution in [0.3, 0.4) is 0 Å². The molecule has 0 saturated carbocycles. The zero-order chi connectivity index (χ0) is 42.3. The highest BCUT2D eigenvalue weighted by atomic mass is 16.7. The predicted octanol–water partition coefficient (Wildman–Crippen LogP) is 4.33. The van der Waals surface area contributed by atoms with Crippen LogP contribution in [0.15, 0.2) is 59.2 Å². The van der Waals surface area contributed by atoms with Crippen LogP contribution in [0.25, 0.3) is 21.8 Å². The number of nitrogens with zero attached hydrogens (tertiary/aromatic N) is 1. The summed E-state index contributed by atoms with van der Waals surface area (Å²) in [6.45, 7) is 11.7. The number of nitrogens with one attached hydrogen (secondary N) is 2. The molecule has 2 aromatic heterocycles. The number of phenols is 1. The molecule has 2 saturated heterocycles. The number of aromatic hydroxyl groups is 1. The number of phenolic OH excluding ortho intramolecular Hbond substituents is 1. The van der Waals surface area contributed by atoms with Crippen molar-refractivity contribution in [3.63, 3.8) is 0 Å². The van der Waals surface area contributed by atoms with Gasteiger partial charge in [-0.25, -0.2) is 9.78 Å². The van der Waals surface area contributed by atoms with Crippen LogP contribution in [0.4, 0.5) is 0 Å². The maximum atomic E-state index is 13.5. The molecular formula is C45H51N3O11. The molecule has 0 amide bonds. The molecule has 59 heavy (non-hydrogen) atoms. The average Bonchev–Trinajstić information content (AvgIpc) is 3.54. The average molecular weight is 810 g/mol. The van der Waals surface area contributed by atoms with Gasteiger partial charge in [0.1, 0.15) is 29.8 Å². The molecule has 7 rings (SSSR count). The molecule has 312 valence electrons. The second-order valence-electron chi connectivity index (χ2n) is 16.1. The summed E-state index contributed by atoms with van der Waals surface area (Å²) in [5.74, 6) is 8.87. The molecule has 4 heterocycles. The zero-order valence-electron chi connectivity index (χ0n) is 33.9. The Labute approximate surface area is 342 Å². The largest absolute Gasteiger partial charge is 0.508 e. The van der Waals surface area contributed by atoms with Crippen LogP contribution in [0.2, 0.25) is 0 Å². The summed E-state index contributed by atoms with van der Waals surface area (Å²) < 4.78 is 26.1. The van der Waals surface area contributed by atoms with E-state index in [1.54, 1.807) is 26.0 Å². The number of carboxylic acid groups (broad SMARTS) is 1. The summed E-state index contributed by atoms with van der Waals surface area (Å²) in [6, 6.07) is 6.22. The van der Waals surface area contributed by atoms with Crippen molar-refractivity contribution in [2.75, 3.05) is 6.61 Å². The summed E-state index contributed by atoms with van der Waals surface area (Å²) in [6.07, 6.45) is -3.34. The van der Waals surface area contributed by atoms with Gasteiger partial charge in [-0.05, 0) is 73.7 Å². The topological polar surface area (TPSA) is 213 Å². The molecule has 14 nitrogen and oxygen atoms in total. The number of hydrogen-bond donors (Lipinski definition) is 7. The Hall–Kier alpha value is -4.87. The van der Waals surface area contributed by atoms with Gasteiger partial charge in [0.2, 0.25) is 0 Å². The van der Waals surface area contributed by atoms with Gasteiger partial charge in [0, 0.05) is 46.3 Å². The van der Waals surface area contributed by atoms with E-state index in [0.717, 1.165) is 0 Å². The molecule has 0 spiro atoms. The number of H-pyrrole nitrogens is 1. The molecule has 2 bridgehead atoms. The van der Waals surface area contributed by atoms with Crippen molar-refractivity contribution in [2.24, 2.45) is 11.8 Å². The number of carbonyl (C=O) groups is 2. The number of aromatic nitrogens is 2. The van der Waals surface area contributed by atoms with Gasteiger partial charge < -0.3 is 54.8 Å². The van der Waals surface area contributed by atoms with Crippen molar-refractivity contribution in [3.05, 3.63) is 70.6 Å². The molecule has 2 fully saturated rings. The Kier molecular flexibility index (Phi) is 12.2. The van der Waals surface area contributed by atoms with E-state index < -0.39 is 60.6 Å². The molecule has 3 aromatic rings. The normalized spacial score (nSPS) is 32.7. The second-order valence-corrected chi connectivity index (χ2v) is 16.1. The summed E-state index contributed by atoms with van der Waals surface area (Å²) in [5, 5.41) is 61.3. The lowest BCUT2D eigenvalue weighted by Crippen LogP contribution is -2.59. The van der Waals surface area contributed by atoms with E-state index in [-0.39, 0.29) is 47.3 Å². The number of carbonyl (C=O) groups excluding carboxylic acids is 1. The number of ketones is 1. The first kappa shape index (κ1) is 42.3. The van der Waals surface area contributed by atoms with Gasteiger partial charge in [0.15, 0.2) is 24.0 Å². The van der Waals surface area contributed by atoms with Gasteiger partial charge in [-0.3, -0.25) is 4.79 Å². The van der Waals surface area contributed by atoms with Crippen LogP contribution in [-0.4, -0.2) is 109 Å². The van der Waals surface area contributed by atoms with Crippen LogP contribution in [0, 0.1) is 35.5 Å². The van der Waals surface area contributed by atoms with Gasteiger partial charge in [0.25, 0.3) is 0 Å². The van der Waals surface area contributed by atoms with Crippen molar-refractivity contribution in [2.45, 2.75) is 122 Å². The Morgan fingerprint density at radius 2 is 1.93 bits per heavy atom. The number of aromatic amines is 1. The lowest BCUT2D eigenvalue weighted by Gasteiger charge is -2.47. The quantitative estimate of drug-likeness (QED) is 0.142. The molecule has 2 aliphatic carbocycles. The highest BCUT2D eigenvalue weighted by molar-refractivity contribution is 6.10. The number of hydrogen-bond acceptors (Lipinski definition) is 12. The summed E-state index contributed by atoms with van der Waals surface area (Å²) in [7, 11) is 0. The van der Waals surface area contributed by atoms with Crippen LogP contribution in [0.1, 0.15) is 83.1 Å². The Bertz CT molecular complexity index is 2360. The number of allylic oxidation sites excluding steroid dienone is 4. The molecule has 14 heteroatoms. The Morgan fingerprint density at radius 1 is 1.17 bits per heavy atom. The van der Waals surface area contributed by atoms with Crippen LogP contribution >= 0.6 is 0 Å². The van der Waals surface area contributed by atoms with Crippen molar-refractivity contribution < 1.29 is 54.1 Å². The molecule has 9 unspecified atom stereocenters. The third kappa shape index (κ3) is 8.33. The minimum absolute atomic E-state index is 0.0369. The van der Waals surface area contributed by atoms with Gasteiger partial charge in [0.05, 0.1) is 36.4 Å². The molecule has 1 aromatic carbocycles. The van der Waals surface area contributed by atoms with Crippen molar-refractivity contribution in [1.29, 1.82) is 0 Å². The maximum Gasteiger partial charge on any atom is 0.354 e. The number of benzene rings is 1. The highest BCUT2D eigenvalue weighted by Gasteiger charge is 2.52. The number of rotatable bonds is 10. The van der Waals surface area contributed by atoms with Gasteiger partial charge >= 0.3 is 5.97 Å². The first-order chi connectivity index (χ1) is 28.1. The molecule has 0 radical (unpaired) electrons. The maximum absolute atomic E-state index is 13.5. The van der Waals surface area contributed by atoms with E-state index in [4.69, 9.17) is 18.9 Å². The van der Waals surface area contributed by atoms with Crippen LogP contribution in [0.5, 0.6) is 5.75 Å².